The van der Waals surface area contributed by atoms with Gasteiger partial charge in [0.15, 0.2) is 5.82 Å². The molecule has 144 valence electrons. The number of methoxy groups -OCH3 is 1. The van der Waals surface area contributed by atoms with E-state index in [1.54, 1.807) is 24.5 Å². The average molecular weight is 385 g/mol. The van der Waals surface area contributed by atoms with Gasteiger partial charge in [0, 0.05) is 41.7 Å². The number of amides is 1. The number of nitrogens with zero attached hydrogens (tertiary/aromatic N) is 3. The molecule has 4 rings (SSSR count). The molecule has 29 heavy (non-hydrogen) atoms. The van der Waals surface area contributed by atoms with Crippen molar-refractivity contribution in [3.63, 3.8) is 0 Å². The summed E-state index contributed by atoms with van der Waals surface area (Å²) in [4.78, 5) is 25.5. The van der Waals surface area contributed by atoms with Crippen molar-refractivity contribution >= 4 is 28.3 Å². The van der Waals surface area contributed by atoms with Crippen molar-refractivity contribution in [1.82, 2.24) is 20.3 Å². The topological polar surface area (TPSA) is 89.0 Å². The largest absolute Gasteiger partial charge is 0.364 e. The molecule has 0 spiro atoms. The summed E-state index contributed by atoms with van der Waals surface area (Å²) < 4.78 is 4.86. The average Bonchev–Trinajstić information content (AvgIpc) is 2.78. The van der Waals surface area contributed by atoms with Gasteiger partial charge in [-0.25, -0.2) is 9.97 Å². The van der Waals surface area contributed by atoms with Crippen LogP contribution in [0.4, 0.5) is 11.5 Å². The molecule has 0 saturated heterocycles. The second-order valence-electron chi connectivity index (χ2n) is 6.30. The van der Waals surface area contributed by atoms with Gasteiger partial charge in [0.05, 0.1) is 5.52 Å². The Morgan fingerprint density at radius 2 is 1.83 bits per heavy atom. The Hall–Kier alpha value is -3.84. The predicted octanol–water partition coefficient (Wildman–Crippen LogP) is 3.77. The van der Waals surface area contributed by atoms with Crippen LogP contribution in [0.5, 0.6) is 0 Å². The minimum absolute atomic E-state index is 0.170. The molecule has 7 nitrogen and oxygen atoms in total. The molecule has 4 aromatic rings. The molecule has 2 heterocycles. The van der Waals surface area contributed by atoms with Gasteiger partial charge in [-0.15, -0.1) is 0 Å². The molecule has 7 heteroatoms. The lowest BCUT2D eigenvalue weighted by molar-refractivity contribution is 0.0872. The molecule has 2 N–H and O–H groups in total. The van der Waals surface area contributed by atoms with Crippen LogP contribution in [0.15, 0.2) is 73.1 Å². The van der Waals surface area contributed by atoms with E-state index in [2.05, 4.69) is 20.6 Å². The van der Waals surface area contributed by atoms with Gasteiger partial charge in [0.2, 0.25) is 0 Å². The number of aromatic nitrogens is 3. The van der Waals surface area contributed by atoms with Gasteiger partial charge >= 0.3 is 0 Å². The SMILES string of the molecule is COCNC(=O)c1ccc(Nc2nc(-c3cccnc3)nc3ccccc23)cc1. The van der Waals surface area contributed by atoms with Gasteiger partial charge < -0.3 is 15.4 Å². The van der Waals surface area contributed by atoms with Crippen LogP contribution < -0.4 is 10.6 Å². The molecule has 0 fully saturated rings. The summed E-state index contributed by atoms with van der Waals surface area (Å²) in [5, 5.41) is 6.90. The number of nitrogens with one attached hydrogen (secondary N) is 2. The standard InChI is InChI=1S/C22H19N5O2/c1-29-14-24-22(28)15-8-10-17(11-9-15)25-21-18-6-2-3-7-19(18)26-20(27-21)16-5-4-12-23-13-16/h2-13H,14H2,1H3,(H,24,28)(H,25,26,27). The second-order valence-corrected chi connectivity index (χ2v) is 6.30. The summed E-state index contributed by atoms with van der Waals surface area (Å²) in [7, 11) is 1.53. The van der Waals surface area contributed by atoms with Gasteiger partial charge in [-0.1, -0.05) is 12.1 Å². The maximum absolute atomic E-state index is 12.0. The van der Waals surface area contributed by atoms with E-state index >= 15 is 0 Å². The zero-order chi connectivity index (χ0) is 20.1. The van der Waals surface area contributed by atoms with Crippen LogP contribution in [0.1, 0.15) is 10.4 Å². The Labute approximate surface area is 167 Å². The van der Waals surface area contributed by atoms with E-state index in [9.17, 15) is 4.79 Å². The molecule has 0 aliphatic rings. The fourth-order valence-electron chi connectivity index (χ4n) is 2.88. The van der Waals surface area contributed by atoms with E-state index < -0.39 is 0 Å². The van der Waals surface area contributed by atoms with Gasteiger partial charge in [-0.05, 0) is 48.5 Å². The lowest BCUT2D eigenvalue weighted by atomic mass is 10.1. The minimum atomic E-state index is -0.190. The fourth-order valence-corrected chi connectivity index (χ4v) is 2.88. The Morgan fingerprint density at radius 3 is 2.59 bits per heavy atom. The highest BCUT2D eigenvalue weighted by Gasteiger charge is 2.10. The number of carbonyl (C=O) groups excluding carboxylic acids is 1. The summed E-state index contributed by atoms with van der Waals surface area (Å²) >= 11 is 0. The zero-order valence-corrected chi connectivity index (χ0v) is 15.8. The monoisotopic (exact) mass is 385 g/mol. The quantitative estimate of drug-likeness (QED) is 0.491. The summed E-state index contributed by atoms with van der Waals surface area (Å²) in [6.07, 6.45) is 3.45. The number of benzene rings is 2. The number of anilines is 2. The lowest BCUT2D eigenvalue weighted by Gasteiger charge is -2.11. The van der Waals surface area contributed by atoms with Crippen LogP contribution in [-0.2, 0) is 4.74 Å². The molecular formula is C22H19N5O2. The molecule has 0 saturated carbocycles. The van der Waals surface area contributed by atoms with Crippen molar-refractivity contribution in [3.05, 3.63) is 78.6 Å². The molecule has 0 bridgehead atoms. The number of para-hydroxylation sites is 1. The third kappa shape index (κ3) is 4.20. The van der Waals surface area contributed by atoms with E-state index in [4.69, 9.17) is 9.72 Å². The number of hydrogen-bond acceptors (Lipinski definition) is 6. The molecule has 0 aliphatic heterocycles. The maximum atomic E-state index is 12.0. The van der Waals surface area contributed by atoms with Crippen molar-refractivity contribution in [3.8, 4) is 11.4 Å². The van der Waals surface area contributed by atoms with E-state index in [-0.39, 0.29) is 12.6 Å². The third-order valence-electron chi connectivity index (χ3n) is 4.31. The van der Waals surface area contributed by atoms with Crippen molar-refractivity contribution in [1.29, 1.82) is 0 Å². The van der Waals surface area contributed by atoms with Crippen LogP contribution in [0.25, 0.3) is 22.3 Å². The fraction of sp³-hybridized carbons (Fsp3) is 0.0909. The lowest BCUT2D eigenvalue weighted by Crippen LogP contribution is -2.25. The molecule has 0 radical (unpaired) electrons. The predicted molar refractivity (Wildman–Crippen MR) is 112 cm³/mol. The summed E-state index contributed by atoms with van der Waals surface area (Å²) in [5.41, 5.74) is 3.04. The molecule has 0 aliphatic carbocycles. The van der Waals surface area contributed by atoms with Gasteiger partial charge in [0.1, 0.15) is 12.5 Å². The summed E-state index contributed by atoms with van der Waals surface area (Å²) in [6, 6.07) is 18.8. The highest BCUT2D eigenvalue weighted by molar-refractivity contribution is 5.95. The highest BCUT2D eigenvalue weighted by Crippen LogP contribution is 2.27. The maximum Gasteiger partial charge on any atom is 0.253 e. The zero-order valence-electron chi connectivity index (χ0n) is 15.8. The van der Waals surface area contributed by atoms with E-state index in [1.165, 1.54) is 7.11 Å². The normalized spacial score (nSPS) is 10.7. The first-order valence-electron chi connectivity index (χ1n) is 9.06. The minimum Gasteiger partial charge on any atom is -0.364 e. The van der Waals surface area contributed by atoms with Crippen LogP contribution in [0.2, 0.25) is 0 Å². The van der Waals surface area contributed by atoms with Gasteiger partial charge in [-0.2, -0.15) is 0 Å². The van der Waals surface area contributed by atoms with Crippen LogP contribution in [-0.4, -0.2) is 34.7 Å². The number of rotatable bonds is 6. The third-order valence-corrected chi connectivity index (χ3v) is 4.31. The molecule has 2 aromatic carbocycles. The number of ether oxygens (including phenoxy) is 1. The van der Waals surface area contributed by atoms with E-state index in [0.717, 1.165) is 22.2 Å². The Morgan fingerprint density at radius 1 is 1.00 bits per heavy atom. The van der Waals surface area contributed by atoms with E-state index in [0.29, 0.717) is 17.2 Å². The molecule has 0 unspecified atom stereocenters. The highest BCUT2D eigenvalue weighted by atomic mass is 16.5. The summed E-state index contributed by atoms with van der Waals surface area (Å²) in [6.45, 7) is 0.170. The number of fused-ring (bicyclic) bond motifs is 1. The molecule has 0 atom stereocenters. The van der Waals surface area contributed by atoms with Gasteiger partial charge in [0.25, 0.3) is 5.91 Å². The number of carbonyl (C=O) groups is 1. The number of hydrogen-bond donors (Lipinski definition) is 2. The first kappa shape index (κ1) is 18.5. The van der Waals surface area contributed by atoms with Gasteiger partial charge in [-0.3, -0.25) is 9.78 Å². The molecule has 2 aromatic heterocycles. The number of pyridine rings is 1. The van der Waals surface area contributed by atoms with Crippen molar-refractivity contribution in [2.45, 2.75) is 0 Å². The smallest absolute Gasteiger partial charge is 0.253 e. The molecular weight excluding hydrogens is 366 g/mol. The first-order valence-corrected chi connectivity index (χ1v) is 9.06. The first-order chi connectivity index (χ1) is 14.2. The summed E-state index contributed by atoms with van der Waals surface area (Å²) in [5.74, 6) is 1.09. The van der Waals surface area contributed by atoms with Crippen LogP contribution >= 0.6 is 0 Å². The van der Waals surface area contributed by atoms with E-state index in [1.807, 2.05) is 48.5 Å². The Kier molecular flexibility index (Phi) is 5.40. The van der Waals surface area contributed by atoms with Crippen molar-refractivity contribution in [2.24, 2.45) is 0 Å². The second kappa shape index (κ2) is 8.45. The van der Waals surface area contributed by atoms with Crippen molar-refractivity contribution in [2.75, 3.05) is 19.2 Å². The van der Waals surface area contributed by atoms with Crippen molar-refractivity contribution < 1.29 is 9.53 Å². The van der Waals surface area contributed by atoms with Crippen LogP contribution in [0.3, 0.4) is 0 Å². The Bertz CT molecular complexity index is 1130. The molecule has 1 amide bonds. The van der Waals surface area contributed by atoms with Crippen LogP contribution in [0, 0.1) is 0 Å². The Balaban J connectivity index is 1.66.